The van der Waals surface area contributed by atoms with Crippen molar-refractivity contribution >= 4 is 102 Å². The second-order valence-electron chi connectivity index (χ2n) is 18.3. The van der Waals surface area contributed by atoms with E-state index < -0.39 is 0 Å². The number of hydrogen-bond acceptors (Lipinski definition) is 6. The average Bonchev–Trinajstić information content (AvgIpc) is 3.41. The van der Waals surface area contributed by atoms with E-state index >= 15 is 0 Å². The van der Waals surface area contributed by atoms with Crippen LogP contribution in [0, 0.1) is 0 Å². The first-order valence-corrected chi connectivity index (χ1v) is 23.8. The molecule has 4 aliphatic heterocycles. The zero-order chi connectivity index (χ0) is 45.9. The normalized spacial score (nSPS) is 13.0. The zero-order valence-electron chi connectivity index (χ0n) is 37.6. The second-order valence-corrected chi connectivity index (χ2v) is 18.3. The number of nitrogens with zero attached hydrogens (tertiary/aromatic N) is 2. The van der Waals surface area contributed by atoms with Gasteiger partial charge in [-0.15, -0.1) is 0 Å². The molecule has 0 aliphatic carbocycles. The number of para-hydroxylation sites is 6. The summed E-state index contributed by atoms with van der Waals surface area (Å²) in [5.74, 6) is 6.39. The lowest BCUT2D eigenvalue weighted by molar-refractivity contribution is 0.456. The summed E-state index contributed by atoms with van der Waals surface area (Å²) in [6, 6.07) is 80.9. The summed E-state index contributed by atoms with van der Waals surface area (Å²) in [7, 11) is 0. The van der Waals surface area contributed by atoms with Crippen molar-refractivity contribution in [1.82, 2.24) is 0 Å². The van der Waals surface area contributed by atoms with Crippen molar-refractivity contribution in [1.29, 1.82) is 0 Å². The Morgan fingerprint density at radius 3 is 1.03 bits per heavy atom. The van der Waals surface area contributed by atoms with Gasteiger partial charge in [0.05, 0.1) is 0 Å². The van der Waals surface area contributed by atoms with Gasteiger partial charge in [0.2, 0.25) is 0 Å². The van der Waals surface area contributed by atoms with Crippen LogP contribution in [0.25, 0.3) is 21.5 Å². The van der Waals surface area contributed by atoms with Crippen molar-refractivity contribution in [2.75, 3.05) is 9.80 Å². The average molecular weight is 897 g/mol. The summed E-state index contributed by atoms with van der Waals surface area (Å²) >= 11 is 0. The topological polar surface area (TPSA) is 43.4 Å². The van der Waals surface area contributed by atoms with Gasteiger partial charge in [-0.2, -0.15) is 0 Å². The highest BCUT2D eigenvalue weighted by molar-refractivity contribution is 7.01. The summed E-state index contributed by atoms with van der Waals surface area (Å²) < 4.78 is 28.3. The van der Waals surface area contributed by atoms with Gasteiger partial charge in [0.25, 0.3) is 13.4 Å². The molecule has 11 aromatic rings. The fourth-order valence-corrected chi connectivity index (χ4v) is 11.4. The van der Waals surface area contributed by atoms with Crippen LogP contribution in [0.5, 0.6) is 46.0 Å². The molecule has 4 heterocycles. The molecule has 70 heavy (non-hydrogen) atoms. The SMILES string of the molecule is c1ccc(N(c2ccccc2)c2ccc3c4c5c(cc3c2)Oc2ccccc2B5c2cc3c(cc2O4)Oc2c4c(cc5cc(N(c6ccccc6)c6ccccc6)ccc25)Oc2ccccc2B34)cc1. The fraction of sp³-hybridized carbons (Fsp3) is 0. The Morgan fingerprint density at radius 2 is 0.629 bits per heavy atom. The largest absolute Gasteiger partial charge is 0.458 e. The third-order valence-electron chi connectivity index (χ3n) is 14.4. The van der Waals surface area contributed by atoms with Crippen LogP contribution < -0.4 is 61.5 Å². The first-order chi connectivity index (χ1) is 34.7. The highest BCUT2D eigenvalue weighted by Gasteiger charge is 2.46. The van der Waals surface area contributed by atoms with Crippen LogP contribution in [0.2, 0.25) is 0 Å². The van der Waals surface area contributed by atoms with Crippen LogP contribution in [0.3, 0.4) is 0 Å². The molecule has 15 rings (SSSR count). The van der Waals surface area contributed by atoms with E-state index in [9.17, 15) is 0 Å². The Kier molecular flexibility index (Phi) is 8.45. The van der Waals surface area contributed by atoms with Gasteiger partial charge in [0, 0.05) is 61.9 Å². The highest BCUT2D eigenvalue weighted by Crippen LogP contribution is 2.46. The first kappa shape index (κ1) is 38.9. The van der Waals surface area contributed by atoms with Crippen LogP contribution in [0.4, 0.5) is 34.1 Å². The molecule has 0 bridgehead atoms. The quantitative estimate of drug-likeness (QED) is 0.155. The van der Waals surface area contributed by atoms with Crippen molar-refractivity contribution in [2.24, 2.45) is 0 Å². The molecule has 4 aliphatic rings. The Balaban J connectivity index is 0.905. The molecule has 8 heteroatoms. The van der Waals surface area contributed by atoms with Crippen LogP contribution in [0.15, 0.2) is 231 Å². The molecule has 0 aromatic heterocycles. The van der Waals surface area contributed by atoms with E-state index in [1.807, 2.05) is 12.1 Å². The van der Waals surface area contributed by atoms with Crippen LogP contribution in [-0.4, -0.2) is 13.4 Å². The fourth-order valence-electron chi connectivity index (χ4n) is 11.4. The van der Waals surface area contributed by atoms with Crippen molar-refractivity contribution in [2.45, 2.75) is 0 Å². The molecular weight excluding hydrogens is 858 g/mol. The molecule has 6 nitrogen and oxygen atoms in total. The third kappa shape index (κ3) is 5.90. The van der Waals surface area contributed by atoms with Gasteiger partial charge in [0.1, 0.15) is 46.0 Å². The van der Waals surface area contributed by atoms with Crippen molar-refractivity contribution in [3.8, 4) is 46.0 Å². The molecular formula is C62H38B2N2O4. The van der Waals surface area contributed by atoms with E-state index in [4.69, 9.17) is 18.9 Å². The summed E-state index contributed by atoms with van der Waals surface area (Å²) in [5, 5.41) is 4.05. The van der Waals surface area contributed by atoms with Crippen molar-refractivity contribution in [3.05, 3.63) is 231 Å². The molecule has 11 aromatic carbocycles. The second kappa shape index (κ2) is 15.2. The standard InChI is InChI=1S/C62H38B2N2O4/c1-5-17-41(18-6-1)65(42-19-7-2-8-20-42)45-29-31-47-39(33-45)35-57-59-61(47)69-55-38-56-52(37-51(55)63(59)49-25-13-15-27-53(49)67-57)64-50-26-14-16-28-54(50)68-58-36-40-34-46(30-32-48(40)62(70-56)60(58)64)66(43-21-9-3-10-22-43)44-23-11-4-12-24-44/h1-38H. The Morgan fingerprint density at radius 1 is 0.257 bits per heavy atom. The summed E-state index contributed by atoms with van der Waals surface area (Å²) in [6.45, 7) is -0.303. The Labute approximate surface area is 405 Å². The molecule has 326 valence electrons. The summed E-state index contributed by atoms with van der Waals surface area (Å²) in [4.78, 5) is 4.57. The molecule has 0 atom stereocenters. The Bertz CT molecular complexity index is 3600. The molecule has 0 saturated carbocycles. The minimum absolute atomic E-state index is 0.152. The lowest BCUT2D eigenvalue weighted by atomic mass is 9.31. The van der Waals surface area contributed by atoms with Gasteiger partial charge in [0.15, 0.2) is 0 Å². The van der Waals surface area contributed by atoms with Crippen molar-refractivity contribution < 1.29 is 18.9 Å². The summed E-state index contributed by atoms with van der Waals surface area (Å²) in [6.07, 6.45) is 0. The number of fused-ring (bicyclic) bond motifs is 12. The predicted octanol–water partition coefficient (Wildman–Crippen LogP) is 12.4. The molecule has 0 amide bonds. The van der Waals surface area contributed by atoms with E-state index in [0.29, 0.717) is 0 Å². The molecule has 0 N–H and O–H groups in total. The Hall–Kier alpha value is -9.13. The van der Waals surface area contributed by atoms with Crippen LogP contribution >= 0.6 is 0 Å². The third-order valence-corrected chi connectivity index (χ3v) is 14.4. The molecule has 0 saturated heterocycles. The van der Waals surface area contributed by atoms with Crippen LogP contribution in [0.1, 0.15) is 0 Å². The number of benzene rings is 11. The minimum Gasteiger partial charge on any atom is -0.458 e. The molecule has 0 spiro atoms. The number of anilines is 6. The zero-order valence-corrected chi connectivity index (χ0v) is 37.6. The number of hydrogen-bond donors (Lipinski definition) is 0. The molecule has 0 unspecified atom stereocenters. The van der Waals surface area contributed by atoms with Gasteiger partial charge in [-0.05, 0) is 142 Å². The summed E-state index contributed by atoms with van der Waals surface area (Å²) in [5.41, 5.74) is 12.8. The van der Waals surface area contributed by atoms with E-state index in [1.165, 1.54) is 0 Å². The highest BCUT2D eigenvalue weighted by atomic mass is 16.5. The molecule has 0 radical (unpaired) electrons. The maximum absolute atomic E-state index is 7.26. The first-order valence-electron chi connectivity index (χ1n) is 23.8. The predicted molar refractivity (Wildman–Crippen MR) is 286 cm³/mol. The van der Waals surface area contributed by atoms with Crippen molar-refractivity contribution in [3.63, 3.8) is 0 Å². The van der Waals surface area contributed by atoms with Gasteiger partial charge in [-0.3, -0.25) is 0 Å². The van der Waals surface area contributed by atoms with E-state index in [2.05, 4.69) is 228 Å². The minimum atomic E-state index is -0.152. The smallest absolute Gasteiger partial charge is 0.260 e. The van der Waals surface area contributed by atoms with E-state index in [1.54, 1.807) is 0 Å². The maximum atomic E-state index is 7.26. The lowest BCUT2D eigenvalue weighted by Crippen LogP contribution is -2.61. The number of rotatable bonds is 6. The van der Waals surface area contributed by atoms with Gasteiger partial charge >= 0.3 is 0 Å². The lowest BCUT2D eigenvalue weighted by Gasteiger charge is -2.37. The van der Waals surface area contributed by atoms with Crippen LogP contribution in [-0.2, 0) is 0 Å². The van der Waals surface area contributed by atoms with Gasteiger partial charge in [-0.1, -0.05) is 115 Å². The van der Waals surface area contributed by atoms with E-state index in [-0.39, 0.29) is 13.4 Å². The van der Waals surface area contributed by atoms with Gasteiger partial charge < -0.3 is 28.7 Å². The van der Waals surface area contributed by atoms with Gasteiger partial charge in [-0.25, -0.2) is 0 Å². The monoisotopic (exact) mass is 896 g/mol. The molecule has 0 fully saturated rings. The number of ether oxygens (including phenoxy) is 4. The maximum Gasteiger partial charge on any atom is 0.260 e. The van der Waals surface area contributed by atoms with E-state index in [0.717, 1.165) is 134 Å².